The molecule has 0 aromatic carbocycles. The average molecular weight is 308 g/mol. The maximum atomic E-state index is 12.1. The molecule has 8 heteroatoms. The van der Waals surface area contributed by atoms with Gasteiger partial charge >= 0.3 is 0 Å². The number of furan rings is 1. The lowest BCUT2D eigenvalue weighted by Gasteiger charge is -2.13. The Morgan fingerprint density at radius 3 is 2.95 bits per heavy atom. The first-order valence-electron chi connectivity index (χ1n) is 6.54. The first-order valence-corrected chi connectivity index (χ1v) is 7.31. The molecule has 0 aliphatic rings. The molecular formula is C13H16N4O3S. The van der Waals surface area contributed by atoms with E-state index >= 15 is 0 Å². The summed E-state index contributed by atoms with van der Waals surface area (Å²) in [5.41, 5.74) is 0.640. The molecular weight excluding hydrogens is 292 g/mol. The van der Waals surface area contributed by atoms with Gasteiger partial charge in [-0.15, -0.1) is 5.10 Å². The van der Waals surface area contributed by atoms with E-state index in [1.807, 2.05) is 6.92 Å². The van der Waals surface area contributed by atoms with Crippen molar-refractivity contribution in [1.82, 2.24) is 20.2 Å². The van der Waals surface area contributed by atoms with Gasteiger partial charge in [0.05, 0.1) is 18.5 Å². The number of carbonyl (C=O) groups excluding carboxylic acids is 2. The van der Waals surface area contributed by atoms with Crippen molar-refractivity contribution in [2.24, 2.45) is 0 Å². The van der Waals surface area contributed by atoms with E-state index in [0.717, 1.165) is 11.5 Å². The number of rotatable bonds is 6. The van der Waals surface area contributed by atoms with E-state index in [2.05, 4.69) is 20.2 Å². The Labute approximate surface area is 125 Å². The van der Waals surface area contributed by atoms with Crippen LogP contribution >= 0.6 is 11.5 Å². The molecule has 0 aliphatic heterocycles. The zero-order chi connectivity index (χ0) is 15.2. The summed E-state index contributed by atoms with van der Waals surface area (Å²) in [6.07, 6.45) is 2.16. The van der Waals surface area contributed by atoms with Crippen LogP contribution in [0, 0.1) is 0 Å². The van der Waals surface area contributed by atoms with E-state index in [4.69, 9.17) is 4.42 Å². The highest BCUT2D eigenvalue weighted by molar-refractivity contribution is 7.08. The van der Waals surface area contributed by atoms with E-state index in [1.165, 1.54) is 6.26 Å². The SMILES string of the molecule is CCc1nnsc1C(=O)N[C@H](C)C(=O)NCc1ccco1. The minimum atomic E-state index is -0.653. The number of aromatic nitrogens is 2. The summed E-state index contributed by atoms with van der Waals surface area (Å²) in [6.45, 7) is 3.80. The molecule has 2 rings (SSSR count). The number of hydrogen-bond donors (Lipinski definition) is 2. The lowest BCUT2D eigenvalue weighted by atomic mass is 10.2. The maximum Gasteiger partial charge on any atom is 0.265 e. The van der Waals surface area contributed by atoms with Crippen LogP contribution in [0.25, 0.3) is 0 Å². The van der Waals surface area contributed by atoms with Crippen molar-refractivity contribution in [3.05, 3.63) is 34.7 Å². The summed E-state index contributed by atoms with van der Waals surface area (Å²) in [4.78, 5) is 24.4. The van der Waals surface area contributed by atoms with E-state index in [9.17, 15) is 9.59 Å². The predicted molar refractivity (Wildman–Crippen MR) is 76.8 cm³/mol. The third kappa shape index (κ3) is 3.88. The smallest absolute Gasteiger partial charge is 0.265 e. The normalized spacial score (nSPS) is 11.9. The molecule has 0 spiro atoms. The van der Waals surface area contributed by atoms with E-state index in [0.29, 0.717) is 22.8 Å². The average Bonchev–Trinajstić information content (AvgIpc) is 3.15. The van der Waals surface area contributed by atoms with Gasteiger partial charge in [-0.2, -0.15) is 0 Å². The van der Waals surface area contributed by atoms with Crippen molar-refractivity contribution < 1.29 is 14.0 Å². The summed E-state index contributed by atoms with van der Waals surface area (Å²) in [7, 11) is 0. The summed E-state index contributed by atoms with van der Waals surface area (Å²) < 4.78 is 8.87. The molecule has 1 atom stereocenters. The zero-order valence-corrected chi connectivity index (χ0v) is 12.6. The third-order valence-electron chi connectivity index (χ3n) is 2.85. The Bertz CT molecular complexity index is 609. The molecule has 0 saturated carbocycles. The molecule has 2 N–H and O–H groups in total. The van der Waals surface area contributed by atoms with Crippen LogP contribution in [-0.2, 0) is 17.8 Å². The molecule has 2 heterocycles. The Balaban J connectivity index is 1.87. The molecule has 0 bridgehead atoms. The van der Waals surface area contributed by atoms with Crippen molar-refractivity contribution in [2.45, 2.75) is 32.9 Å². The summed E-state index contributed by atoms with van der Waals surface area (Å²) in [5.74, 6) is 0.0413. The molecule has 21 heavy (non-hydrogen) atoms. The van der Waals surface area contributed by atoms with Gasteiger partial charge in [-0.05, 0) is 37.0 Å². The Hall–Kier alpha value is -2.22. The molecule has 0 radical (unpaired) electrons. The number of nitrogens with one attached hydrogen (secondary N) is 2. The van der Waals surface area contributed by atoms with Gasteiger partial charge in [-0.3, -0.25) is 9.59 Å². The Kier molecular flexibility index (Phi) is 5.04. The first-order chi connectivity index (χ1) is 10.1. The molecule has 0 aliphatic carbocycles. The number of amides is 2. The zero-order valence-electron chi connectivity index (χ0n) is 11.8. The fraction of sp³-hybridized carbons (Fsp3) is 0.385. The van der Waals surface area contributed by atoms with Crippen molar-refractivity contribution in [3.63, 3.8) is 0 Å². The van der Waals surface area contributed by atoms with Gasteiger partial charge in [0.15, 0.2) is 0 Å². The fourth-order valence-corrected chi connectivity index (χ4v) is 2.33. The molecule has 112 valence electrons. The Morgan fingerprint density at radius 1 is 1.48 bits per heavy atom. The van der Waals surface area contributed by atoms with Gasteiger partial charge in [0, 0.05) is 0 Å². The maximum absolute atomic E-state index is 12.1. The second kappa shape index (κ2) is 6.98. The van der Waals surface area contributed by atoms with Gasteiger partial charge in [0.2, 0.25) is 5.91 Å². The van der Waals surface area contributed by atoms with Gasteiger partial charge in [0.1, 0.15) is 16.7 Å². The third-order valence-corrected chi connectivity index (χ3v) is 3.62. The van der Waals surface area contributed by atoms with Gasteiger partial charge < -0.3 is 15.1 Å². The minimum absolute atomic E-state index is 0.282. The highest BCUT2D eigenvalue weighted by Crippen LogP contribution is 2.11. The second-order valence-electron chi connectivity index (χ2n) is 4.39. The number of hydrogen-bond acceptors (Lipinski definition) is 6. The van der Waals surface area contributed by atoms with Gasteiger partial charge in [0.25, 0.3) is 5.91 Å². The van der Waals surface area contributed by atoms with E-state index < -0.39 is 6.04 Å². The van der Waals surface area contributed by atoms with E-state index in [1.54, 1.807) is 19.1 Å². The van der Waals surface area contributed by atoms with Crippen LogP contribution in [0.5, 0.6) is 0 Å². The molecule has 0 fully saturated rings. The largest absolute Gasteiger partial charge is 0.467 e. The molecule has 2 amide bonds. The van der Waals surface area contributed by atoms with Gasteiger partial charge in [-0.1, -0.05) is 11.4 Å². The topological polar surface area (TPSA) is 97.1 Å². The standard InChI is InChI=1S/C13H16N4O3S/c1-3-10-11(21-17-16-10)13(19)15-8(2)12(18)14-7-9-5-4-6-20-9/h4-6,8H,3,7H2,1-2H3,(H,14,18)(H,15,19)/t8-/m1/s1. The fourth-order valence-electron chi connectivity index (χ4n) is 1.68. The molecule has 0 saturated heterocycles. The summed E-state index contributed by atoms with van der Waals surface area (Å²) in [6, 6.07) is 2.86. The van der Waals surface area contributed by atoms with Crippen LogP contribution in [0.1, 0.15) is 35.0 Å². The van der Waals surface area contributed by atoms with Crippen LogP contribution in [0.3, 0.4) is 0 Å². The van der Waals surface area contributed by atoms with Crippen LogP contribution in [0.4, 0.5) is 0 Å². The van der Waals surface area contributed by atoms with Crippen LogP contribution < -0.4 is 10.6 Å². The summed E-state index contributed by atoms with van der Waals surface area (Å²) >= 11 is 1.03. The van der Waals surface area contributed by atoms with Crippen LogP contribution in [0.2, 0.25) is 0 Å². The molecule has 2 aromatic rings. The lowest BCUT2D eigenvalue weighted by molar-refractivity contribution is -0.122. The first kappa shape index (κ1) is 15.2. The number of aryl methyl sites for hydroxylation is 1. The minimum Gasteiger partial charge on any atom is -0.467 e. The van der Waals surface area contributed by atoms with Crippen LogP contribution in [0.15, 0.2) is 22.8 Å². The highest BCUT2D eigenvalue weighted by atomic mass is 32.1. The van der Waals surface area contributed by atoms with Crippen molar-refractivity contribution in [2.75, 3.05) is 0 Å². The van der Waals surface area contributed by atoms with E-state index in [-0.39, 0.29) is 18.4 Å². The number of nitrogens with zero attached hydrogens (tertiary/aromatic N) is 2. The number of carbonyl (C=O) groups is 2. The second-order valence-corrected chi connectivity index (χ2v) is 5.15. The van der Waals surface area contributed by atoms with Crippen molar-refractivity contribution in [3.8, 4) is 0 Å². The molecule has 0 unspecified atom stereocenters. The van der Waals surface area contributed by atoms with Crippen molar-refractivity contribution in [1.29, 1.82) is 0 Å². The van der Waals surface area contributed by atoms with Crippen molar-refractivity contribution >= 4 is 23.3 Å². The van der Waals surface area contributed by atoms with Gasteiger partial charge in [-0.25, -0.2) is 0 Å². The Morgan fingerprint density at radius 2 is 2.29 bits per heavy atom. The quantitative estimate of drug-likeness (QED) is 0.833. The molecule has 2 aromatic heterocycles. The van der Waals surface area contributed by atoms with Crippen LogP contribution in [-0.4, -0.2) is 27.4 Å². The lowest BCUT2D eigenvalue weighted by Crippen LogP contribution is -2.44. The summed E-state index contributed by atoms with van der Waals surface area (Å²) in [5, 5.41) is 9.20. The predicted octanol–water partition coefficient (Wildman–Crippen LogP) is 1.13. The molecule has 7 nitrogen and oxygen atoms in total. The highest BCUT2D eigenvalue weighted by Gasteiger charge is 2.20. The monoisotopic (exact) mass is 308 g/mol.